The minimum atomic E-state index is -0.0136. The predicted octanol–water partition coefficient (Wildman–Crippen LogP) is 3.75. The first-order chi connectivity index (χ1) is 13.1. The molecule has 2 aromatic heterocycles. The van der Waals surface area contributed by atoms with Crippen LogP contribution < -0.4 is 10.2 Å². The maximum absolute atomic E-state index is 12.6. The fourth-order valence-electron chi connectivity index (χ4n) is 3.75. The molecule has 1 saturated heterocycles. The number of nitrogens with zero attached hydrogens (tertiary/aromatic N) is 3. The van der Waals surface area contributed by atoms with Gasteiger partial charge in [-0.3, -0.25) is 4.79 Å². The first-order valence-corrected chi connectivity index (χ1v) is 9.78. The van der Waals surface area contributed by atoms with Crippen LogP contribution in [0.5, 0.6) is 0 Å². The molecule has 0 unspecified atom stereocenters. The van der Waals surface area contributed by atoms with Crippen molar-refractivity contribution in [2.45, 2.75) is 33.1 Å². The number of benzene rings is 1. The highest BCUT2D eigenvalue weighted by Gasteiger charge is 2.28. The molecule has 1 fully saturated rings. The van der Waals surface area contributed by atoms with Crippen LogP contribution in [0.15, 0.2) is 35.0 Å². The van der Waals surface area contributed by atoms with Gasteiger partial charge in [-0.15, -0.1) is 0 Å². The van der Waals surface area contributed by atoms with E-state index >= 15 is 0 Å². The Morgan fingerprint density at radius 3 is 3.04 bits per heavy atom. The average Bonchev–Trinajstić information content (AvgIpc) is 3.06. The van der Waals surface area contributed by atoms with Crippen LogP contribution in [0.3, 0.4) is 0 Å². The van der Waals surface area contributed by atoms with Gasteiger partial charge in [-0.05, 0) is 37.3 Å². The monoisotopic (exact) mass is 366 g/mol. The Bertz CT molecular complexity index is 950. The number of hydrogen-bond acceptors (Lipinski definition) is 5. The average molecular weight is 366 g/mol. The highest BCUT2D eigenvalue weighted by atomic mass is 16.3. The summed E-state index contributed by atoms with van der Waals surface area (Å²) in [5.41, 5.74) is 2.35. The molecule has 6 heteroatoms. The van der Waals surface area contributed by atoms with Crippen molar-refractivity contribution in [3.8, 4) is 0 Å². The largest absolute Gasteiger partial charge is 0.450 e. The van der Waals surface area contributed by atoms with Crippen molar-refractivity contribution in [3.63, 3.8) is 0 Å². The molecule has 1 aliphatic rings. The van der Waals surface area contributed by atoms with Gasteiger partial charge in [-0.2, -0.15) is 0 Å². The summed E-state index contributed by atoms with van der Waals surface area (Å²) in [7, 11) is 0. The number of aromatic nitrogens is 2. The summed E-state index contributed by atoms with van der Waals surface area (Å²) in [6.07, 6.45) is 4.48. The standard InChI is InChI=1S/C21H26N4O2/c1-14(2)9-10-22-21(26)15-6-5-11-25(12-15)20-19-18(23-13-24-20)16-7-3-4-8-17(16)27-19/h3-4,7-8,13-15H,5-6,9-12H2,1-2H3,(H,22,26)/t15-/m1/s1. The summed E-state index contributed by atoms with van der Waals surface area (Å²) in [5, 5.41) is 4.09. The summed E-state index contributed by atoms with van der Waals surface area (Å²) in [4.78, 5) is 23.7. The van der Waals surface area contributed by atoms with Gasteiger partial charge >= 0.3 is 0 Å². The van der Waals surface area contributed by atoms with E-state index in [4.69, 9.17) is 4.42 Å². The third kappa shape index (κ3) is 3.61. The van der Waals surface area contributed by atoms with Gasteiger partial charge in [0.25, 0.3) is 0 Å². The highest BCUT2D eigenvalue weighted by molar-refractivity contribution is 6.05. The Kier molecular flexibility index (Phi) is 4.97. The molecule has 0 radical (unpaired) electrons. The number of nitrogens with one attached hydrogen (secondary N) is 1. The number of fused-ring (bicyclic) bond motifs is 3. The number of piperidine rings is 1. The number of hydrogen-bond donors (Lipinski definition) is 1. The minimum Gasteiger partial charge on any atom is -0.450 e. The predicted molar refractivity (Wildman–Crippen MR) is 107 cm³/mol. The molecule has 3 heterocycles. The molecular formula is C21H26N4O2. The maximum atomic E-state index is 12.6. The fourth-order valence-corrected chi connectivity index (χ4v) is 3.75. The molecule has 4 rings (SSSR count). The maximum Gasteiger partial charge on any atom is 0.224 e. The van der Waals surface area contributed by atoms with E-state index in [0.29, 0.717) is 18.0 Å². The number of amides is 1. The van der Waals surface area contributed by atoms with E-state index in [2.05, 4.69) is 34.0 Å². The summed E-state index contributed by atoms with van der Waals surface area (Å²) >= 11 is 0. The second-order valence-electron chi connectivity index (χ2n) is 7.73. The molecule has 1 aromatic carbocycles. The molecule has 0 spiro atoms. The Balaban J connectivity index is 1.55. The van der Waals surface area contributed by atoms with Gasteiger partial charge < -0.3 is 14.6 Å². The van der Waals surface area contributed by atoms with E-state index in [9.17, 15) is 4.79 Å². The molecule has 6 nitrogen and oxygen atoms in total. The smallest absolute Gasteiger partial charge is 0.224 e. The number of carbonyl (C=O) groups is 1. The number of furan rings is 1. The molecule has 1 atom stereocenters. The van der Waals surface area contributed by atoms with Crippen molar-refractivity contribution >= 4 is 33.8 Å². The summed E-state index contributed by atoms with van der Waals surface area (Å²) < 4.78 is 6.06. The van der Waals surface area contributed by atoms with E-state index in [0.717, 1.165) is 54.7 Å². The number of rotatable bonds is 5. The topological polar surface area (TPSA) is 71.3 Å². The quantitative estimate of drug-likeness (QED) is 0.744. The Morgan fingerprint density at radius 2 is 2.19 bits per heavy atom. The van der Waals surface area contributed by atoms with Gasteiger partial charge in [0, 0.05) is 25.0 Å². The Morgan fingerprint density at radius 1 is 1.33 bits per heavy atom. The molecular weight excluding hydrogens is 340 g/mol. The molecule has 3 aromatic rings. The van der Waals surface area contributed by atoms with Gasteiger partial charge in [-0.1, -0.05) is 26.0 Å². The molecule has 0 saturated carbocycles. The van der Waals surface area contributed by atoms with Gasteiger partial charge in [0.2, 0.25) is 5.91 Å². The summed E-state index contributed by atoms with van der Waals surface area (Å²) in [6, 6.07) is 7.90. The lowest BCUT2D eigenvalue weighted by molar-refractivity contribution is -0.125. The molecule has 1 N–H and O–H groups in total. The number of para-hydroxylation sites is 1. The lowest BCUT2D eigenvalue weighted by atomic mass is 9.97. The molecule has 0 bridgehead atoms. The minimum absolute atomic E-state index is 0.0136. The number of carbonyl (C=O) groups excluding carboxylic acids is 1. The zero-order chi connectivity index (χ0) is 18.8. The van der Waals surface area contributed by atoms with Crippen LogP contribution in [-0.2, 0) is 4.79 Å². The zero-order valence-corrected chi connectivity index (χ0v) is 15.9. The third-order valence-corrected chi connectivity index (χ3v) is 5.25. The third-order valence-electron chi connectivity index (χ3n) is 5.25. The van der Waals surface area contributed by atoms with Crippen molar-refractivity contribution < 1.29 is 9.21 Å². The second kappa shape index (κ2) is 7.55. The Hall–Kier alpha value is -2.63. The molecule has 1 aliphatic heterocycles. The van der Waals surface area contributed by atoms with E-state index in [1.807, 2.05) is 24.3 Å². The van der Waals surface area contributed by atoms with Crippen LogP contribution in [0, 0.1) is 11.8 Å². The summed E-state index contributed by atoms with van der Waals surface area (Å²) in [6.45, 7) is 6.62. The molecule has 142 valence electrons. The van der Waals surface area contributed by atoms with Crippen LogP contribution in [0.1, 0.15) is 33.1 Å². The van der Waals surface area contributed by atoms with Crippen molar-refractivity contribution in [3.05, 3.63) is 30.6 Å². The van der Waals surface area contributed by atoms with Crippen LogP contribution >= 0.6 is 0 Å². The number of anilines is 1. The van der Waals surface area contributed by atoms with Crippen molar-refractivity contribution in [2.75, 3.05) is 24.5 Å². The SMILES string of the molecule is CC(C)CCNC(=O)[C@@H]1CCCN(c2ncnc3c2oc2ccccc23)C1. The van der Waals surface area contributed by atoms with Gasteiger partial charge in [-0.25, -0.2) is 9.97 Å². The highest BCUT2D eigenvalue weighted by Crippen LogP contribution is 2.33. The van der Waals surface area contributed by atoms with E-state index < -0.39 is 0 Å². The normalized spacial score (nSPS) is 17.7. The lowest BCUT2D eigenvalue weighted by Gasteiger charge is -2.32. The first-order valence-electron chi connectivity index (χ1n) is 9.78. The fraction of sp³-hybridized carbons (Fsp3) is 0.476. The van der Waals surface area contributed by atoms with Gasteiger partial charge in [0.05, 0.1) is 5.92 Å². The van der Waals surface area contributed by atoms with Gasteiger partial charge in [0.15, 0.2) is 11.4 Å². The van der Waals surface area contributed by atoms with E-state index in [1.54, 1.807) is 6.33 Å². The first kappa shape index (κ1) is 17.8. The van der Waals surface area contributed by atoms with Crippen LogP contribution in [0.4, 0.5) is 5.82 Å². The van der Waals surface area contributed by atoms with Crippen molar-refractivity contribution in [2.24, 2.45) is 11.8 Å². The van der Waals surface area contributed by atoms with Crippen molar-refractivity contribution in [1.82, 2.24) is 15.3 Å². The lowest BCUT2D eigenvalue weighted by Crippen LogP contribution is -2.43. The molecule has 0 aliphatic carbocycles. The van der Waals surface area contributed by atoms with Crippen molar-refractivity contribution in [1.29, 1.82) is 0 Å². The molecule has 1 amide bonds. The van der Waals surface area contributed by atoms with Crippen LogP contribution in [0.25, 0.3) is 22.1 Å². The summed E-state index contributed by atoms with van der Waals surface area (Å²) in [5.74, 6) is 1.52. The van der Waals surface area contributed by atoms with Crippen LogP contribution in [0.2, 0.25) is 0 Å². The molecule has 27 heavy (non-hydrogen) atoms. The van der Waals surface area contributed by atoms with E-state index in [-0.39, 0.29) is 11.8 Å². The second-order valence-corrected chi connectivity index (χ2v) is 7.73. The van der Waals surface area contributed by atoms with Gasteiger partial charge in [0.1, 0.15) is 17.4 Å². The van der Waals surface area contributed by atoms with Crippen LogP contribution in [-0.4, -0.2) is 35.5 Å². The Labute approximate surface area is 159 Å². The zero-order valence-electron chi connectivity index (χ0n) is 15.9. The van der Waals surface area contributed by atoms with E-state index in [1.165, 1.54) is 0 Å².